The number of likely N-dealkylation sites (tertiary alicyclic amines) is 1. The Bertz CT molecular complexity index is 566. The fraction of sp³-hybridized carbons (Fsp3) is 0.600. The highest BCUT2D eigenvalue weighted by atomic mass is 19.4. The normalized spacial score (nSPS) is 19.0. The van der Waals surface area contributed by atoms with Gasteiger partial charge in [-0.1, -0.05) is 0 Å². The van der Waals surface area contributed by atoms with Crippen LogP contribution in [0.25, 0.3) is 0 Å². The second-order valence-electron chi connectivity index (χ2n) is 5.86. The predicted octanol–water partition coefficient (Wildman–Crippen LogP) is 1.56. The molecule has 0 aliphatic carbocycles. The number of rotatable bonds is 4. The van der Waals surface area contributed by atoms with Crippen molar-refractivity contribution in [3.63, 3.8) is 0 Å². The van der Waals surface area contributed by atoms with Crippen LogP contribution in [0.1, 0.15) is 30.1 Å². The van der Waals surface area contributed by atoms with E-state index in [1.807, 2.05) is 0 Å². The second-order valence-corrected chi connectivity index (χ2v) is 5.86. The molecule has 2 unspecified atom stereocenters. The third-order valence-electron chi connectivity index (χ3n) is 4.13. The molecule has 1 aromatic heterocycles. The van der Waals surface area contributed by atoms with E-state index in [1.165, 1.54) is 30.4 Å². The first-order valence-corrected chi connectivity index (χ1v) is 7.56. The van der Waals surface area contributed by atoms with E-state index in [-0.39, 0.29) is 37.4 Å². The molecule has 2 amide bonds. The lowest BCUT2D eigenvalue weighted by atomic mass is 9.90. The van der Waals surface area contributed by atoms with Crippen LogP contribution >= 0.6 is 0 Å². The first-order valence-electron chi connectivity index (χ1n) is 7.56. The van der Waals surface area contributed by atoms with Gasteiger partial charge in [0.05, 0.1) is 11.8 Å². The van der Waals surface area contributed by atoms with Gasteiger partial charge in [0.2, 0.25) is 5.91 Å². The number of carbonyl (C=O) groups is 2. The highest BCUT2D eigenvalue weighted by Gasteiger charge is 2.44. The monoisotopic (exact) mass is 348 g/mol. The molecule has 1 aliphatic rings. The van der Waals surface area contributed by atoms with Gasteiger partial charge in [-0.25, -0.2) is 0 Å². The van der Waals surface area contributed by atoms with Crippen LogP contribution in [-0.4, -0.2) is 53.2 Å². The van der Waals surface area contributed by atoms with Gasteiger partial charge in [0.1, 0.15) is 12.3 Å². The van der Waals surface area contributed by atoms with E-state index in [0.29, 0.717) is 0 Å². The van der Waals surface area contributed by atoms with Gasteiger partial charge in [0, 0.05) is 13.1 Å². The van der Waals surface area contributed by atoms with Crippen molar-refractivity contribution in [2.45, 2.75) is 38.1 Å². The molecule has 6 nitrogen and oxygen atoms in total. The average molecular weight is 348 g/mol. The second kappa shape index (κ2) is 7.25. The maximum Gasteiger partial charge on any atom is 0.414 e. The summed E-state index contributed by atoms with van der Waals surface area (Å²) in [5, 5.41) is 11.8. The highest BCUT2D eigenvalue weighted by Crippen LogP contribution is 2.31. The van der Waals surface area contributed by atoms with Crippen LogP contribution < -0.4 is 5.32 Å². The topological polar surface area (TPSA) is 82.8 Å². The molecule has 1 fully saturated rings. The van der Waals surface area contributed by atoms with E-state index in [0.717, 1.165) is 0 Å². The first-order chi connectivity index (χ1) is 11.2. The molecule has 0 radical (unpaired) electrons. The van der Waals surface area contributed by atoms with E-state index < -0.39 is 30.1 Å². The maximum atomic E-state index is 12.5. The Labute approximate surface area is 136 Å². The van der Waals surface area contributed by atoms with Crippen LogP contribution in [0, 0.1) is 5.92 Å². The molecule has 2 rings (SSSR count). The van der Waals surface area contributed by atoms with Gasteiger partial charge in [-0.2, -0.15) is 13.2 Å². The summed E-state index contributed by atoms with van der Waals surface area (Å²) < 4.78 is 42.3. The Kier molecular flexibility index (Phi) is 5.53. The summed E-state index contributed by atoms with van der Waals surface area (Å²) in [5.74, 6) is -1.75. The highest BCUT2D eigenvalue weighted by molar-refractivity contribution is 5.97. The Morgan fingerprint density at radius 2 is 2.00 bits per heavy atom. The molecule has 2 heterocycles. The number of hydrogen-bond donors (Lipinski definition) is 2. The fourth-order valence-electron chi connectivity index (χ4n) is 2.71. The third-order valence-corrected chi connectivity index (χ3v) is 4.13. The number of furan rings is 1. The minimum absolute atomic E-state index is 0.0643. The van der Waals surface area contributed by atoms with Crippen molar-refractivity contribution >= 4 is 11.8 Å². The molecule has 1 saturated heterocycles. The molecule has 0 bridgehead atoms. The molecule has 0 saturated carbocycles. The van der Waals surface area contributed by atoms with Crippen molar-refractivity contribution in [2.24, 2.45) is 5.92 Å². The zero-order valence-electron chi connectivity index (χ0n) is 13.0. The number of amides is 2. The standard InChI is InChI=1S/C15H19F3N2O4/c1-9(19-13(22)11-4-7-24-8-11)14(23)20-5-2-10(3-6-20)12(21)15(16,17)18/h4,7-10,12,21H,2-3,5-6H2,1H3,(H,19,22). The summed E-state index contributed by atoms with van der Waals surface area (Å²) in [6.45, 7) is 1.74. The molecule has 134 valence electrons. The van der Waals surface area contributed by atoms with Gasteiger partial charge in [-0.15, -0.1) is 0 Å². The number of piperidine rings is 1. The number of aliphatic hydroxyl groups excluding tert-OH is 1. The first kappa shape index (κ1) is 18.3. The van der Waals surface area contributed by atoms with Gasteiger partial charge in [0.25, 0.3) is 5.91 Å². The summed E-state index contributed by atoms with van der Waals surface area (Å²) in [6.07, 6.45) is -4.31. The third kappa shape index (κ3) is 4.28. The van der Waals surface area contributed by atoms with Crippen molar-refractivity contribution in [1.82, 2.24) is 10.2 Å². The number of nitrogens with zero attached hydrogens (tertiary/aromatic N) is 1. The van der Waals surface area contributed by atoms with Crippen molar-refractivity contribution in [3.05, 3.63) is 24.2 Å². The number of hydrogen-bond acceptors (Lipinski definition) is 4. The number of carbonyl (C=O) groups excluding carboxylic acids is 2. The molecule has 24 heavy (non-hydrogen) atoms. The molecular formula is C15H19F3N2O4. The van der Waals surface area contributed by atoms with Crippen molar-refractivity contribution in [2.75, 3.05) is 13.1 Å². The fourth-order valence-corrected chi connectivity index (χ4v) is 2.71. The number of aliphatic hydroxyl groups is 1. The summed E-state index contributed by atoms with van der Waals surface area (Å²) in [4.78, 5) is 25.5. The van der Waals surface area contributed by atoms with Crippen LogP contribution in [0.2, 0.25) is 0 Å². The van der Waals surface area contributed by atoms with Crippen LogP contribution in [0.4, 0.5) is 13.2 Å². The van der Waals surface area contributed by atoms with Crippen molar-refractivity contribution in [3.8, 4) is 0 Å². The Balaban J connectivity index is 1.85. The lowest BCUT2D eigenvalue weighted by Crippen LogP contribution is -2.51. The molecule has 0 aromatic carbocycles. The number of alkyl halides is 3. The summed E-state index contributed by atoms with van der Waals surface area (Å²) >= 11 is 0. The minimum atomic E-state index is -4.65. The zero-order chi connectivity index (χ0) is 17.9. The molecule has 0 spiro atoms. The lowest BCUT2D eigenvalue weighted by molar-refractivity contribution is -0.223. The molecule has 9 heteroatoms. The Hall–Kier alpha value is -2.03. The quantitative estimate of drug-likeness (QED) is 0.865. The minimum Gasteiger partial charge on any atom is -0.472 e. The van der Waals surface area contributed by atoms with E-state index in [2.05, 4.69) is 5.32 Å². The van der Waals surface area contributed by atoms with Crippen LogP contribution in [0.15, 0.2) is 23.0 Å². The molecular weight excluding hydrogens is 329 g/mol. The predicted molar refractivity (Wildman–Crippen MR) is 77.0 cm³/mol. The summed E-state index contributed by atoms with van der Waals surface area (Å²) in [5.41, 5.74) is 0.279. The van der Waals surface area contributed by atoms with E-state index in [4.69, 9.17) is 4.42 Å². The molecule has 1 aromatic rings. The molecule has 2 atom stereocenters. The number of halogens is 3. The molecule has 1 aliphatic heterocycles. The molecule has 2 N–H and O–H groups in total. The Morgan fingerprint density at radius 1 is 1.38 bits per heavy atom. The van der Waals surface area contributed by atoms with Crippen LogP contribution in [0.5, 0.6) is 0 Å². The maximum absolute atomic E-state index is 12.5. The largest absolute Gasteiger partial charge is 0.472 e. The zero-order valence-corrected chi connectivity index (χ0v) is 13.0. The van der Waals surface area contributed by atoms with Gasteiger partial charge in [-0.05, 0) is 31.7 Å². The van der Waals surface area contributed by atoms with Crippen LogP contribution in [-0.2, 0) is 4.79 Å². The lowest BCUT2D eigenvalue weighted by Gasteiger charge is -2.35. The number of nitrogens with one attached hydrogen (secondary N) is 1. The summed E-state index contributed by atoms with van der Waals surface area (Å²) in [7, 11) is 0. The Morgan fingerprint density at radius 3 is 2.50 bits per heavy atom. The van der Waals surface area contributed by atoms with Crippen molar-refractivity contribution in [1.29, 1.82) is 0 Å². The van der Waals surface area contributed by atoms with E-state index in [1.54, 1.807) is 0 Å². The smallest absolute Gasteiger partial charge is 0.414 e. The van der Waals surface area contributed by atoms with Gasteiger partial charge in [-0.3, -0.25) is 9.59 Å². The van der Waals surface area contributed by atoms with Gasteiger partial charge < -0.3 is 19.7 Å². The summed E-state index contributed by atoms with van der Waals surface area (Å²) in [6, 6.07) is 0.646. The average Bonchev–Trinajstić information content (AvgIpc) is 3.07. The van der Waals surface area contributed by atoms with E-state index >= 15 is 0 Å². The van der Waals surface area contributed by atoms with Crippen molar-refractivity contribution < 1.29 is 32.3 Å². The van der Waals surface area contributed by atoms with Gasteiger partial charge in [0.15, 0.2) is 6.10 Å². The van der Waals surface area contributed by atoms with E-state index in [9.17, 15) is 27.9 Å². The van der Waals surface area contributed by atoms with Crippen LogP contribution in [0.3, 0.4) is 0 Å². The SMILES string of the molecule is CC(NC(=O)c1ccoc1)C(=O)N1CCC(C(O)C(F)(F)F)CC1. The van der Waals surface area contributed by atoms with Gasteiger partial charge >= 0.3 is 6.18 Å².